The predicted octanol–water partition coefficient (Wildman–Crippen LogP) is 1.72. The number of aromatic nitrogens is 4. The summed E-state index contributed by atoms with van der Waals surface area (Å²) in [5, 5.41) is 4.29. The Bertz CT molecular complexity index is 795. The van der Waals surface area contributed by atoms with Gasteiger partial charge in [-0.1, -0.05) is 6.92 Å². The van der Waals surface area contributed by atoms with Crippen molar-refractivity contribution in [3.8, 4) is 0 Å². The molecule has 1 aromatic carbocycles. The van der Waals surface area contributed by atoms with Gasteiger partial charge in [0, 0.05) is 12.2 Å². The lowest BCUT2D eigenvalue weighted by atomic mass is 10.3. The summed E-state index contributed by atoms with van der Waals surface area (Å²) in [6.45, 7) is 2.80. The molecule has 21 heavy (non-hydrogen) atoms. The van der Waals surface area contributed by atoms with Crippen molar-refractivity contribution in [3.63, 3.8) is 0 Å². The smallest absolute Gasteiger partial charge is 0.288 e. The summed E-state index contributed by atoms with van der Waals surface area (Å²) in [7, 11) is -1.41. The monoisotopic (exact) mass is 305 g/mol. The number of nitrogens with two attached hydrogens (primary N) is 1. The molecule has 0 aliphatic carbocycles. The molecular formula is C13H15N5O2S. The van der Waals surface area contributed by atoms with Crippen LogP contribution in [-0.2, 0) is 23.1 Å². The minimum atomic E-state index is -1.41. The van der Waals surface area contributed by atoms with Gasteiger partial charge < -0.3 is 10.2 Å². The van der Waals surface area contributed by atoms with Crippen molar-refractivity contribution in [3.05, 3.63) is 30.4 Å². The Morgan fingerprint density at radius 2 is 2.29 bits per heavy atom. The van der Waals surface area contributed by atoms with Gasteiger partial charge in [-0.25, -0.2) is 18.9 Å². The van der Waals surface area contributed by atoms with Crippen LogP contribution in [0.3, 0.4) is 0 Å². The maximum Gasteiger partial charge on any atom is 0.288 e. The minimum absolute atomic E-state index is 0.182. The Hall–Kier alpha value is -2.22. The number of aryl methyl sites for hydroxylation is 1. The van der Waals surface area contributed by atoms with Crippen LogP contribution in [0.15, 0.2) is 34.2 Å². The second-order valence-electron chi connectivity index (χ2n) is 4.60. The molecule has 2 heterocycles. The Kier molecular flexibility index (Phi) is 3.70. The second kappa shape index (κ2) is 5.65. The van der Waals surface area contributed by atoms with Crippen LogP contribution < -0.4 is 5.73 Å². The molecule has 0 spiro atoms. The van der Waals surface area contributed by atoms with Gasteiger partial charge in [-0.15, -0.1) is 0 Å². The Morgan fingerprint density at radius 1 is 1.43 bits per heavy atom. The highest BCUT2D eigenvalue weighted by Crippen LogP contribution is 2.21. The van der Waals surface area contributed by atoms with Crippen molar-refractivity contribution in [1.29, 1.82) is 0 Å². The van der Waals surface area contributed by atoms with E-state index in [0.29, 0.717) is 22.6 Å². The summed E-state index contributed by atoms with van der Waals surface area (Å²) in [5.41, 5.74) is 7.46. The minimum Gasteiger partial charge on any atom is -0.430 e. The van der Waals surface area contributed by atoms with Gasteiger partial charge in [-0.2, -0.15) is 5.10 Å². The van der Waals surface area contributed by atoms with E-state index in [0.717, 1.165) is 13.0 Å². The average Bonchev–Trinajstić information content (AvgIpc) is 3.06. The molecule has 0 bridgehead atoms. The molecule has 0 saturated heterocycles. The SMILES string of the molecule is CCCn1ncnc1CS(=O)c1nc2cc(N)ccc2o1. The van der Waals surface area contributed by atoms with Crippen LogP contribution in [0.1, 0.15) is 19.2 Å². The number of nitrogens with zero attached hydrogens (tertiary/aromatic N) is 4. The largest absolute Gasteiger partial charge is 0.430 e. The van der Waals surface area contributed by atoms with Crippen LogP contribution in [0, 0.1) is 0 Å². The van der Waals surface area contributed by atoms with E-state index in [1.807, 2.05) is 6.92 Å². The highest BCUT2D eigenvalue weighted by atomic mass is 32.2. The van der Waals surface area contributed by atoms with E-state index in [9.17, 15) is 4.21 Å². The van der Waals surface area contributed by atoms with Crippen molar-refractivity contribution in [2.75, 3.05) is 5.73 Å². The first kappa shape index (κ1) is 13.7. The number of benzene rings is 1. The summed E-state index contributed by atoms with van der Waals surface area (Å²) in [6.07, 6.45) is 2.40. The molecule has 0 amide bonds. The van der Waals surface area contributed by atoms with E-state index in [2.05, 4.69) is 15.1 Å². The molecule has 110 valence electrons. The Labute approximate surface area is 123 Å². The number of hydrogen-bond donors (Lipinski definition) is 1. The Morgan fingerprint density at radius 3 is 3.10 bits per heavy atom. The summed E-state index contributed by atoms with van der Waals surface area (Å²) in [5.74, 6) is 0.888. The molecule has 0 fully saturated rings. The van der Waals surface area contributed by atoms with Crippen molar-refractivity contribution in [2.45, 2.75) is 30.9 Å². The van der Waals surface area contributed by atoms with Gasteiger partial charge in [-0.05, 0) is 24.6 Å². The van der Waals surface area contributed by atoms with Gasteiger partial charge in [0.2, 0.25) is 0 Å². The number of anilines is 1. The molecular weight excluding hydrogens is 290 g/mol. The van der Waals surface area contributed by atoms with Gasteiger partial charge in [0.25, 0.3) is 5.22 Å². The zero-order valence-electron chi connectivity index (χ0n) is 11.5. The summed E-state index contributed by atoms with van der Waals surface area (Å²) < 4.78 is 19.6. The number of fused-ring (bicyclic) bond motifs is 1. The summed E-state index contributed by atoms with van der Waals surface area (Å²) in [6, 6.07) is 5.13. The first-order chi connectivity index (χ1) is 10.2. The molecule has 8 heteroatoms. The third-order valence-corrected chi connectivity index (χ3v) is 4.06. The fourth-order valence-electron chi connectivity index (χ4n) is 2.00. The average molecular weight is 305 g/mol. The molecule has 0 aliphatic heterocycles. The van der Waals surface area contributed by atoms with E-state index in [1.54, 1.807) is 22.9 Å². The zero-order valence-corrected chi connectivity index (χ0v) is 12.3. The molecule has 0 radical (unpaired) electrons. The quantitative estimate of drug-likeness (QED) is 0.720. The number of rotatable bonds is 5. The highest BCUT2D eigenvalue weighted by Gasteiger charge is 2.16. The van der Waals surface area contributed by atoms with Gasteiger partial charge in [0.1, 0.15) is 28.5 Å². The van der Waals surface area contributed by atoms with E-state index < -0.39 is 10.8 Å². The van der Waals surface area contributed by atoms with Gasteiger partial charge in [0.15, 0.2) is 5.58 Å². The third-order valence-electron chi connectivity index (χ3n) is 2.98. The Balaban J connectivity index is 1.84. The lowest BCUT2D eigenvalue weighted by molar-refractivity contribution is 0.476. The highest BCUT2D eigenvalue weighted by molar-refractivity contribution is 7.84. The standard InChI is InChI=1S/C13H15N5O2S/c1-2-5-18-12(15-8-16-18)7-21(19)13-17-10-6-9(14)3-4-11(10)20-13/h3-4,6,8H,2,5,7,14H2,1H3. The van der Waals surface area contributed by atoms with E-state index in [4.69, 9.17) is 10.2 Å². The fourth-order valence-corrected chi connectivity index (χ4v) is 2.96. The third kappa shape index (κ3) is 2.80. The van der Waals surface area contributed by atoms with Crippen LogP contribution in [0.2, 0.25) is 0 Å². The molecule has 3 rings (SSSR count). The second-order valence-corrected chi connectivity index (χ2v) is 5.93. The van der Waals surface area contributed by atoms with Gasteiger partial charge >= 0.3 is 0 Å². The van der Waals surface area contributed by atoms with Crippen LogP contribution >= 0.6 is 0 Å². The molecule has 7 nitrogen and oxygen atoms in total. The van der Waals surface area contributed by atoms with Crippen molar-refractivity contribution in [1.82, 2.24) is 19.7 Å². The van der Waals surface area contributed by atoms with E-state index in [-0.39, 0.29) is 11.0 Å². The lowest BCUT2D eigenvalue weighted by Crippen LogP contribution is -2.08. The van der Waals surface area contributed by atoms with Crippen LogP contribution in [-0.4, -0.2) is 24.0 Å². The first-order valence-electron chi connectivity index (χ1n) is 6.58. The number of nitrogen functional groups attached to an aromatic ring is 1. The molecule has 1 unspecified atom stereocenters. The van der Waals surface area contributed by atoms with E-state index >= 15 is 0 Å². The van der Waals surface area contributed by atoms with Crippen LogP contribution in [0.25, 0.3) is 11.1 Å². The summed E-state index contributed by atoms with van der Waals surface area (Å²) in [4.78, 5) is 8.36. The van der Waals surface area contributed by atoms with Crippen molar-refractivity contribution in [2.24, 2.45) is 0 Å². The first-order valence-corrected chi connectivity index (χ1v) is 7.90. The normalized spacial score (nSPS) is 12.8. The molecule has 3 aromatic rings. The van der Waals surface area contributed by atoms with Crippen LogP contribution in [0.4, 0.5) is 5.69 Å². The maximum absolute atomic E-state index is 12.4. The molecule has 2 N–H and O–H groups in total. The van der Waals surface area contributed by atoms with Crippen molar-refractivity contribution >= 4 is 27.6 Å². The molecule has 0 aliphatic rings. The summed E-state index contributed by atoms with van der Waals surface area (Å²) >= 11 is 0. The van der Waals surface area contributed by atoms with Crippen molar-refractivity contribution < 1.29 is 8.63 Å². The molecule has 1 atom stereocenters. The molecule has 2 aromatic heterocycles. The topological polar surface area (TPSA) is 99.8 Å². The molecule has 0 saturated carbocycles. The lowest BCUT2D eigenvalue weighted by Gasteiger charge is -2.02. The number of oxazole rings is 1. The number of hydrogen-bond acceptors (Lipinski definition) is 6. The zero-order chi connectivity index (χ0) is 14.8. The maximum atomic E-state index is 12.4. The van der Waals surface area contributed by atoms with Crippen LogP contribution in [0.5, 0.6) is 0 Å². The fraction of sp³-hybridized carbons (Fsp3) is 0.308. The van der Waals surface area contributed by atoms with E-state index in [1.165, 1.54) is 6.33 Å². The van der Waals surface area contributed by atoms with Gasteiger partial charge in [0.05, 0.1) is 5.75 Å². The predicted molar refractivity (Wildman–Crippen MR) is 78.8 cm³/mol. The van der Waals surface area contributed by atoms with Gasteiger partial charge in [-0.3, -0.25) is 0 Å².